The number of nitrogens with zero attached hydrogens (tertiary/aromatic N) is 2. The van der Waals surface area contributed by atoms with Crippen molar-refractivity contribution in [1.82, 2.24) is 4.98 Å². The second-order valence-corrected chi connectivity index (χ2v) is 4.49. The molecule has 1 aromatic heterocycles. The number of aromatic nitrogens is 1. The molecular weight excluding hydrogens is 304 g/mol. The molecule has 1 heterocycles. The van der Waals surface area contributed by atoms with Crippen LogP contribution in [-0.4, -0.2) is 4.98 Å². The Labute approximate surface area is 112 Å². The van der Waals surface area contributed by atoms with E-state index in [0.29, 0.717) is 17.2 Å². The molecule has 0 aliphatic carbocycles. The average molecular weight is 310 g/mol. The Hall–Kier alpha value is -1.57. The maximum Gasteiger partial charge on any atom is 0.221 e. The van der Waals surface area contributed by atoms with Gasteiger partial charge in [0.05, 0.1) is 11.6 Å². The summed E-state index contributed by atoms with van der Waals surface area (Å²) in [4.78, 5) is 3.98. The topological polar surface area (TPSA) is 45.9 Å². The van der Waals surface area contributed by atoms with E-state index in [9.17, 15) is 0 Å². The van der Waals surface area contributed by atoms with Crippen molar-refractivity contribution in [2.24, 2.45) is 0 Å². The van der Waals surface area contributed by atoms with Crippen LogP contribution in [0.25, 0.3) is 0 Å². The van der Waals surface area contributed by atoms with Crippen LogP contribution in [0.15, 0.2) is 40.9 Å². The molecule has 0 unspecified atom stereocenters. The van der Waals surface area contributed by atoms with Gasteiger partial charge in [-0.1, -0.05) is 27.5 Å². The first-order valence-electron chi connectivity index (χ1n) is 4.68. The Morgan fingerprint density at radius 3 is 2.59 bits per heavy atom. The van der Waals surface area contributed by atoms with Crippen molar-refractivity contribution in [3.8, 4) is 17.7 Å². The van der Waals surface area contributed by atoms with Gasteiger partial charge in [0, 0.05) is 10.5 Å². The van der Waals surface area contributed by atoms with Gasteiger partial charge in [0.25, 0.3) is 0 Å². The molecular formula is C12H6BrClN2O. The molecule has 5 heteroatoms. The summed E-state index contributed by atoms with van der Waals surface area (Å²) in [6.07, 6.45) is 0. The largest absolute Gasteiger partial charge is 0.439 e. The molecule has 84 valence electrons. The van der Waals surface area contributed by atoms with Crippen LogP contribution in [0.4, 0.5) is 0 Å². The van der Waals surface area contributed by atoms with Crippen LogP contribution >= 0.6 is 27.5 Å². The van der Waals surface area contributed by atoms with Crippen LogP contribution in [0.2, 0.25) is 5.15 Å². The molecule has 0 bridgehead atoms. The molecule has 0 fully saturated rings. The van der Waals surface area contributed by atoms with Gasteiger partial charge in [-0.25, -0.2) is 4.98 Å². The van der Waals surface area contributed by atoms with Crippen molar-refractivity contribution >= 4 is 27.5 Å². The number of hydrogen-bond acceptors (Lipinski definition) is 3. The summed E-state index contributed by atoms with van der Waals surface area (Å²) < 4.78 is 6.45. The molecule has 0 spiro atoms. The monoisotopic (exact) mass is 308 g/mol. The molecule has 2 rings (SSSR count). The normalized spacial score (nSPS) is 9.71. The van der Waals surface area contributed by atoms with Crippen LogP contribution in [0, 0.1) is 11.3 Å². The highest BCUT2D eigenvalue weighted by atomic mass is 79.9. The van der Waals surface area contributed by atoms with Crippen LogP contribution < -0.4 is 4.74 Å². The molecule has 0 aliphatic rings. The van der Waals surface area contributed by atoms with Crippen molar-refractivity contribution < 1.29 is 4.74 Å². The van der Waals surface area contributed by atoms with E-state index >= 15 is 0 Å². The summed E-state index contributed by atoms with van der Waals surface area (Å²) in [5.74, 6) is 0.934. The van der Waals surface area contributed by atoms with Crippen LogP contribution in [0.1, 0.15) is 5.56 Å². The Morgan fingerprint density at radius 1 is 1.24 bits per heavy atom. The zero-order chi connectivity index (χ0) is 12.3. The fourth-order valence-corrected chi connectivity index (χ4v) is 1.68. The number of nitriles is 1. The van der Waals surface area contributed by atoms with Gasteiger partial charge in [0.1, 0.15) is 10.9 Å². The molecule has 0 radical (unpaired) electrons. The third kappa shape index (κ3) is 3.19. The molecule has 0 aliphatic heterocycles. The lowest BCUT2D eigenvalue weighted by atomic mass is 10.3. The summed E-state index contributed by atoms with van der Waals surface area (Å²) >= 11 is 9.10. The van der Waals surface area contributed by atoms with E-state index in [1.54, 1.807) is 12.1 Å². The van der Waals surface area contributed by atoms with Gasteiger partial charge in [-0.05, 0) is 30.3 Å². The van der Waals surface area contributed by atoms with Gasteiger partial charge in [-0.15, -0.1) is 0 Å². The average Bonchev–Trinajstić information content (AvgIpc) is 2.31. The summed E-state index contributed by atoms with van der Waals surface area (Å²) in [6.45, 7) is 0. The minimum atomic E-state index is 0.233. The number of benzene rings is 1. The smallest absolute Gasteiger partial charge is 0.221 e. The lowest BCUT2D eigenvalue weighted by Gasteiger charge is -2.05. The molecule has 0 atom stereocenters. The number of pyridine rings is 1. The summed E-state index contributed by atoms with van der Waals surface area (Å²) in [5, 5.41) is 9.02. The Bertz CT molecular complexity index is 578. The van der Waals surface area contributed by atoms with E-state index in [-0.39, 0.29) is 5.15 Å². The first kappa shape index (κ1) is 11.9. The maximum atomic E-state index is 8.79. The molecule has 0 saturated heterocycles. The molecule has 0 amide bonds. The van der Waals surface area contributed by atoms with Gasteiger partial charge < -0.3 is 4.74 Å². The van der Waals surface area contributed by atoms with Crippen LogP contribution in [-0.2, 0) is 0 Å². The Morgan fingerprint density at radius 2 is 1.94 bits per heavy atom. The fraction of sp³-hybridized carbons (Fsp3) is 0. The van der Waals surface area contributed by atoms with Crippen molar-refractivity contribution in [1.29, 1.82) is 5.26 Å². The van der Waals surface area contributed by atoms with Crippen LogP contribution in [0.5, 0.6) is 11.6 Å². The van der Waals surface area contributed by atoms with E-state index in [2.05, 4.69) is 20.9 Å². The minimum absolute atomic E-state index is 0.233. The molecule has 17 heavy (non-hydrogen) atoms. The minimum Gasteiger partial charge on any atom is -0.439 e. The number of rotatable bonds is 2. The predicted octanol–water partition coefficient (Wildman–Crippen LogP) is 4.16. The van der Waals surface area contributed by atoms with Gasteiger partial charge in [-0.2, -0.15) is 5.26 Å². The van der Waals surface area contributed by atoms with E-state index in [1.165, 1.54) is 12.1 Å². The van der Waals surface area contributed by atoms with E-state index in [1.807, 2.05) is 18.2 Å². The molecule has 0 N–H and O–H groups in total. The molecule has 2 aromatic rings. The van der Waals surface area contributed by atoms with Crippen molar-refractivity contribution in [2.75, 3.05) is 0 Å². The first-order chi connectivity index (χ1) is 8.17. The lowest BCUT2D eigenvalue weighted by Crippen LogP contribution is -1.89. The van der Waals surface area contributed by atoms with Crippen LogP contribution in [0.3, 0.4) is 0 Å². The van der Waals surface area contributed by atoms with Crippen molar-refractivity contribution in [3.63, 3.8) is 0 Å². The second-order valence-electron chi connectivity index (χ2n) is 3.18. The van der Waals surface area contributed by atoms with E-state index in [0.717, 1.165) is 4.47 Å². The van der Waals surface area contributed by atoms with E-state index in [4.69, 9.17) is 21.6 Å². The highest BCUT2D eigenvalue weighted by Gasteiger charge is 2.03. The van der Waals surface area contributed by atoms with Gasteiger partial charge in [-0.3, -0.25) is 0 Å². The molecule has 3 nitrogen and oxygen atoms in total. The fourth-order valence-electron chi connectivity index (χ4n) is 1.21. The number of ether oxygens (including phenoxy) is 1. The van der Waals surface area contributed by atoms with Crippen molar-refractivity contribution in [2.45, 2.75) is 0 Å². The third-order valence-electron chi connectivity index (χ3n) is 1.94. The Kier molecular flexibility index (Phi) is 3.62. The Balaban J connectivity index is 2.27. The quantitative estimate of drug-likeness (QED) is 0.782. The summed E-state index contributed by atoms with van der Waals surface area (Å²) in [7, 11) is 0. The van der Waals surface area contributed by atoms with E-state index < -0.39 is 0 Å². The SMILES string of the molecule is N#Cc1cc(Cl)nc(Oc2ccc(Br)cc2)c1. The van der Waals surface area contributed by atoms with Crippen molar-refractivity contribution in [3.05, 3.63) is 51.6 Å². The zero-order valence-corrected chi connectivity index (χ0v) is 10.9. The highest BCUT2D eigenvalue weighted by molar-refractivity contribution is 9.10. The highest BCUT2D eigenvalue weighted by Crippen LogP contribution is 2.23. The summed E-state index contributed by atoms with van der Waals surface area (Å²) in [6, 6.07) is 12.3. The van der Waals surface area contributed by atoms with Gasteiger partial charge in [0.2, 0.25) is 5.88 Å². The van der Waals surface area contributed by atoms with Gasteiger partial charge in [0.15, 0.2) is 0 Å². The summed E-state index contributed by atoms with van der Waals surface area (Å²) in [5.41, 5.74) is 0.414. The number of halogens is 2. The predicted molar refractivity (Wildman–Crippen MR) is 68.2 cm³/mol. The number of hydrogen-bond donors (Lipinski definition) is 0. The molecule has 0 saturated carbocycles. The lowest BCUT2D eigenvalue weighted by molar-refractivity contribution is 0.463. The second kappa shape index (κ2) is 5.17. The molecule has 1 aromatic carbocycles. The van der Waals surface area contributed by atoms with Gasteiger partial charge >= 0.3 is 0 Å². The maximum absolute atomic E-state index is 8.79. The third-order valence-corrected chi connectivity index (χ3v) is 2.66. The first-order valence-corrected chi connectivity index (χ1v) is 5.85. The zero-order valence-electron chi connectivity index (χ0n) is 8.52. The standard InChI is InChI=1S/C12H6BrClN2O/c13-9-1-3-10(4-2-9)17-12-6-8(7-15)5-11(14)16-12/h1-6H.